The van der Waals surface area contributed by atoms with Crippen molar-refractivity contribution < 1.29 is 17.6 Å². The number of nitrogens with zero attached hydrogens (tertiary/aromatic N) is 3. The average molecular weight is 143 g/mol. The zero-order valence-electron chi connectivity index (χ0n) is 3.93. The van der Waals surface area contributed by atoms with Gasteiger partial charge in [-0.15, -0.1) is 0 Å². The fourth-order valence-corrected chi connectivity index (χ4v) is 0.111. The Morgan fingerprint density at radius 1 is 1.44 bits per heavy atom. The van der Waals surface area contributed by atoms with Gasteiger partial charge in [0.25, 0.3) is 6.30 Å². The molecule has 0 aromatic carbocycles. The molecule has 0 radical (unpaired) electrons. The van der Waals surface area contributed by atoms with E-state index in [1.807, 2.05) is 0 Å². The summed E-state index contributed by atoms with van der Waals surface area (Å²) in [5.74, 6) is 0. The number of hydrogen-bond acceptors (Lipinski definition) is 1. The van der Waals surface area contributed by atoms with Crippen molar-refractivity contribution >= 4 is 0 Å². The smallest absolute Gasteiger partial charge is 0.231 e. The molecule has 9 heavy (non-hydrogen) atoms. The quantitative estimate of drug-likeness (QED) is 0.177. The normalized spacial score (nSPS) is 14.2. The molecule has 0 spiro atoms. The lowest BCUT2D eigenvalue weighted by atomic mass is 10.6. The van der Waals surface area contributed by atoms with Gasteiger partial charge in [-0.05, 0) is 10.6 Å². The van der Waals surface area contributed by atoms with Gasteiger partial charge < -0.3 is 0 Å². The largest absolute Gasteiger partial charge is 0.425 e. The van der Waals surface area contributed by atoms with Gasteiger partial charge in [0.15, 0.2) is 0 Å². The second-order valence-electron chi connectivity index (χ2n) is 1.08. The Labute approximate surface area is 46.9 Å². The van der Waals surface area contributed by atoms with Crippen LogP contribution < -0.4 is 0 Å². The van der Waals surface area contributed by atoms with E-state index in [0.717, 1.165) is 0 Å². The molecule has 0 N–H and O–H groups in total. The van der Waals surface area contributed by atoms with Crippen LogP contribution in [0.4, 0.5) is 17.6 Å². The summed E-state index contributed by atoms with van der Waals surface area (Å²) < 4.78 is 44.4. The van der Waals surface area contributed by atoms with Crippen molar-refractivity contribution in [3.8, 4) is 0 Å². The van der Waals surface area contributed by atoms with E-state index in [9.17, 15) is 17.6 Å². The summed E-state index contributed by atoms with van der Waals surface area (Å²) in [7, 11) is 0. The zero-order chi connectivity index (χ0) is 7.49. The van der Waals surface area contributed by atoms with E-state index in [0.29, 0.717) is 0 Å². The molecule has 0 saturated heterocycles. The van der Waals surface area contributed by atoms with Gasteiger partial charge in [0.05, 0.1) is 0 Å². The summed E-state index contributed by atoms with van der Waals surface area (Å²) in [6, 6.07) is 0. The van der Waals surface area contributed by atoms with Gasteiger partial charge in [0, 0.05) is 4.91 Å². The monoisotopic (exact) mass is 143 g/mol. The predicted octanol–water partition coefficient (Wildman–Crippen LogP) is 2.15. The third-order valence-electron chi connectivity index (χ3n) is 0.423. The summed E-state index contributed by atoms with van der Waals surface area (Å²) in [6.45, 7) is 0. The highest BCUT2D eigenvalue weighted by Crippen LogP contribution is 2.23. The van der Waals surface area contributed by atoms with Gasteiger partial charge in [-0.2, -0.15) is 13.2 Å². The number of alkyl halides is 4. The standard InChI is InChI=1S/C2HF4N3/c3-1(8-9-7)2(4,5)6/h1H. The van der Waals surface area contributed by atoms with Crippen LogP contribution in [0.5, 0.6) is 0 Å². The van der Waals surface area contributed by atoms with Crippen molar-refractivity contribution in [2.75, 3.05) is 0 Å². The molecule has 1 unspecified atom stereocenters. The molecule has 0 aliphatic heterocycles. The molecule has 0 bridgehead atoms. The summed E-state index contributed by atoms with van der Waals surface area (Å²) in [5, 5.41) is 1.78. The Kier molecular flexibility index (Phi) is 2.27. The first-order chi connectivity index (χ1) is 3.98. The first kappa shape index (κ1) is 8.03. The van der Waals surface area contributed by atoms with E-state index in [1.165, 1.54) is 0 Å². The molecule has 0 heterocycles. The van der Waals surface area contributed by atoms with Gasteiger partial charge in [-0.1, -0.05) is 0 Å². The van der Waals surface area contributed by atoms with E-state index >= 15 is 0 Å². The molecular formula is C2HF4N3. The maximum Gasteiger partial charge on any atom is 0.425 e. The minimum atomic E-state index is -5.08. The fourth-order valence-electron chi connectivity index (χ4n) is 0.111. The molecule has 0 saturated carbocycles. The molecule has 3 nitrogen and oxygen atoms in total. The average Bonchev–Trinajstić information content (AvgIpc) is 1.64. The lowest BCUT2D eigenvalue weighted by molar-refractivity contribution is -0.178. The Morgan fingerprint density at radius 3 is 2.00 bits per heavy atom. The molecule has 0 aliphatic rings. The van der Waals surface area contributed by atoms with Gasteiger partial charge in [-0.25, -0.2) is 4.39 Å². The lowest BCUT2D eigenvalue weighted by Gasteiger charge is -2.03. The minimum absolute atomic E-state index is 1.63. The number of halogens is 4. The third kappa shape index (κ3) is 2.76. The highest BCUT2D eigenvalue weighted by atomic mass is 19.4. The number of rotatable bonds is 1. The molecule has 0 amide bonds. The Morgan fingerprint density at radius 2 is 1.89 bits per heavy atom. The molecule has 52 valence electrons. The van der Waals surface area contributed by atoms with Crippen LogP contribution in [0.15, 0.2) is 5.11 Å². The SMILES string of the molecule is [N-]=[N+]=NC(F)C(F)(F)F. The van der Waals surface area contributed by atoms with Crippen molar-refractivity contribution in [1.82, 2.24) is 0 Å². The van der Waals surface area contributed by atoms with Crippen molar-refractivity contribution in [3.05, 3.63) is 10.4 Å². The molecule has 0 rings (SSSR count). The van der Waals surface area contributed by atoms with E-state index in [1.54, 1.807) is 10.0 Å². The van der Waals surface area contributed by atoms with E-state index in [-0.39, 0.29) is 0 Å². The predicted molar refractivity (Wildman–Crippen MR) is 20.1 cm³/mol. The molecule has 0 aromatic heterocycles. The third-order valence-corrected chi connectivity index (χ3v) is 0.423. The van der Waals surface area contributed by atoms with Gasteiger partial charge in [0.2, 0.25) is 0 Å². The first-order valence-electron chi connectivity index (χ1n) is 1.73. The Balaban J connectivity index is 4.03. The molecule has 0 aromatic rings. The van der Waals surface area contributed by atoms with Crippen LogP contribution in [0.1, 0.15) is 0 Å². The van der Waals surface area contributed by atoms with Gasteiger partial charge in [0.1, 0.15) is 0 Å². The second-order valence-corrected chi connectivity index (χ2v) is 1.08. The van der Waals surface area contributed by atoms with Crippen molar-refractivity contribution in [3.63, 3.8) is 0 Å². The Bertz CT molecular complexity index is 133. The topological polar surface area (TPSA) is 48.8 Å². The maximum absolute atomic E-state index is 11.4. The number of azide groups is 1. The van der Waals surface area contributed by atoms with Crippen molar-refractivity contribution in [1.29, 1.82) is 0 Å². The molecule has 0 aliphatic carbocycles. The minimum Gasteiger partial charge on any atom is -0.231 e. The molecule has 1 atom stereocenters. The van der Waals surface area contributed by atoms with E-state index in [2.05, 4.69) is 0 Å². The molecule has 0 fully saturated rings. The number of hydrogen-bond donors (Lipinski definition) is 0. The highest BCUT2D eigenvalue weighted by Gasteiger charge is 2.39. The second kappa shape index (κ2) is 2.54. The van der Waals surface area contributed by atoms with E-state index < -0.39 is 12.5 Å². The van der Waals surface area contributed by atoms with Gasteiger partial charge in [-0.3, -0.25) is 0 Å². The van der Waals surface area contributed by atoms with Crippen molar-refractivity contribution in [2.24, 2.45) is 5.11 Å². The zero-order valence-corrected chi connectivity index (χ0v) is 3.93. The van der Waals surface area contributed by atoms with Crippen LogP contribution in [-0.4, -0.2) is 12.5 Å². The van der Waals surface area contributed by atoms with E-state index in [4.69, 9.17) is 5.53 Å². The van der Waals surface area contributed by atoms with Crippen molar-refractivity contribution in [2.45, 2.75) is 12.5 Å². The van der Waals surface area contributed by atoms with Gasteiger partial charge >= 0.3 is 6.18 Å². The summed E-state index contributed by atoms with van der Waals surface area (Å²) in [5.41, 5.74) is 7.32. The first-order valence-corrected chi connectivity index (χ1v) is 1.73. The summed E-state index contributed by atoms with van der Waals surface area (Å²) >= 11 is 0. The highest BCUT2D eigenvalue weighted by molar-refractivity contribution is 4.62. The lowest BCUT2D eigenvalue weighted by Crippen LogP contribution is -2.21. The summed E-state index contributed by atoms with van der Waals surface area (Å²) in [4.78, 5) is 1.63. The van der Waals surface area contributed by atoms with Crippen LogP contribution in [0, 0.1) is 0 Å². The maximum atomic E-state index is 11.4. The fraction of sp³-hybridized carbons (Fsp3) is 1.00. The summed E-state index contributed by atoms with van der Waals surface area (Å²) in [6.07, 6.45) is -8.51. The molecule has 7 heteroatoms. The van der Waals surface area contributed by atoms with Crippen LogP contribution in [0.3, 0.4) is 0 Å². The van der Waals surface area contributed by atoms with Crippen LogP contribution >= 0.6 is 0 Å². The van der Waals surface area contributed by atoms with Crippen LogP contribution in [0.25, 0.3) is 10.4 Å². The Hall–Kier alpha value is -0.970. The van der Waals surface area contributed by atoms with Crippen LogP contribution in [-0.2, 0) is 0 Å². The van der Waals surface area contributed by atoms with Crippen LogP contribution in [0.2, 0.25) is 0 Å². The molecular weight excluding hydrogens is 142 g/mol.